The van der Waals surface area contributed by atoms with Gasteiger partial charge in [-0.1, -0.05) is 36.9 Å². The van der Waals surface area contributed by atoms with Crippen LogP contribution in [0.4, 0.5) is 0 Å². The topological polar surface area (TPSA) is 0 Å². The van der Waals surface area contributed by atoms with Crippen LogP contribution in [0.15, 0.2) is 30.3 Å². The predicted molar refractivity (Wildman–Crippen MR) is 44.8 cm³/mol. The first-order valence-electron chi connectivity index (χ1n) is 3.01. The van der Waals surface area contributed by atoms with Gasteiger partial charge in [-0.25, -0.2) is 0 Å². The molecule has 0 amide bonds. The Morgan fingerprint density at radius 1 is 1.22 bits per heavy atom. The lowest BCUT2D eigenvalue weighted by molar-refractivity contribution is 1.76. The van der Waals surface area contributed by atoms with Crippen molar-refractivity contribution in [2.45, 2.75) is 6.55 Å². The van der Waals surface area contributed by atoms with Crippen LogP contribution in [0.1, 0.15) is 0 Å². The van der Waals surface area contributed by atoms with Crippen molar-refractivity contribution in [1.29, 1.82) is 0 Å². The van der Waals surface area contributed by atoms with Crippen molar-refractivity contribution in [3.05, 3.63) is 30.3 Å². The van der Waals surface area contributed by atoms with E-state index in [-0.39, 0.29) is 0 Å². The van der Waals surface area contributed by atoms with Crippen LogP contribution in [0, 0.1) is 0 Å². The molecule has 0 fully saturated rings. The third-order valence-corrected chi connectivity index (χ3v) is 2.59. The third kappa shape index (κ3) is 1.61. The van der Waals surface area contributed by atoms with Gasteiger partial charge in [-0.15, -0.1) is 6.17 Å². The molecule has 0 atom stereocenters. The molecule has 0 aromatic heterocycles. The minimum Gasteiger partial charge on any atom is -0.114 e. The van der Waals surface area contributed by atoms with Crippen LogP contribution in [0.25, 0.3) is 0 Å². The van der Waals surface area contributed by atoms with Crippen LogP contribution in [0.2, 0.25) is 6.55 Å². The van der Waals surface area contributed by atoms with E-state index in [4.69, 9.17) is 0 Å². The van der Waals surface area contributed by atoms with E-state index in [2.05, 4.69) is 37.0 Å². The van der Waals surface area contributed by atoms with Crippen molar-refractivity contribution < 1.29 is 0 Å². The second-order valence-corrected chi connectivity index (χ2v) is 4.28. The molecular formula is C8H10Si. The SMILES string of the molecule is C=[Si](C)c1ccccc1. The maximum Gasteiger partial charge on any atom is 0.0350 e. The molecule has 0 heterocycles. The Morgan fingerprint density at radius 3 is 2.11 bits per heavy atom. The quantitative estimate of drug-likeness (QED) is 0.503. The summed E-state index contributed by atoms with van der Waals surface area (Å²) in [6, 6.07) is 10.4. The summed E-state index contributed by atoms with van der Waals surface area (Å²) >= 11 is 0. The van der Waals surface area contributed by atoms with Gasteiger partial charge >= 0.3 is 0 Å². The average Bonchev–Trinajstić information content (AvgIpc) is 1.90. The Hall–Kier alpha value is -0.693. The van der Waals surface area contributed by atoms with E-state index in [0.717, 1.165) is 0 Å². The highest BCUT2D eigenvalue weighted by molar-refractivity contribution is 6.73. The molecule has 0 aliphatic carbocycles. The molecular weight excluding hydrogens is 124 g/mol. The second kappa shape index (κ2) is 2.74. The van der Waals surface area contributed by atoms with Crippen molar-refractivity contribution >= 4 is 19.8 Å². The van der Waals surface area contributed by atoms with Gasteiger partial charge in [-0.05, 0) is 5.19 Å². The first-order valence-corrected chi connectivity index (χ1v) is 5.22. The van der Waals surface area contributed by atoms with Crippen molar-refractivity contribution in [1.82, 2.24) is 0 Å². The second-order valence-electron chi connectivity index (χ2n) is 2.15. The van der Waals surface area contributed by atoms with Crippen LogP contribution in [0.5, 0.6) is 0 Å². The normalized spacial score (nSPS) is 9.00. The molecule has 9 heavy (non-hydrogen) atoms. The number of rotatable bonds is 1. The highest BCUT2D eigenvalue weighted by Crippen LogP contribution is 1.81. The Kier molecular flexibility index (Phi) is 1.95. The summed E-state index contributed by atoms with van der Waals surface area (Å²) in [5.41, 5.74) is 0. The smallest absolute Gasteiger partial charge is 0.0350 e. The number of hydrogen-bond acceptors (Lipinski definition) is 0. The molecule has 0 unspecified atom stereocenters. The van der Waals surface area contributed by atoms with Crippen LogP contribution in [0.3, 0.4) is 0 Å². The van der Waals surface area contributed by atoms with Crippen LogP contribution in [-0.4, -0.2) is 14.6 Å². The number of benzene rings is 1. The molecule has 1 aromatic rings. The minimum atomic E-state index is -0.462. The Labute approximate surface area is 57.4 Å². The van der Waals surface area contributed by atoms with E-state index in [1.807, 2.05) is 6.07 Å². The van der Waals surface area contributed by atoms with E-state index < -0.39 is 8.41 Å². The summed E-state index contributed by atoms with van der Waals surface area (Å²) < 4.78 is 0. The van der Waals surface area contributed by atoms with Gasteiger partial charge < -0.3 is 0 Å². The van der Waals surface area contributed by atoms with Gasteiger partial charge in [0, 0.05) is 8.41 Å². The van der Waals surface area contributed by atoms with Crippen molar-refractivity contribution in [2.75, 3.05) is 0 Å². The van der Waals surface area contributed by atoms with Gasteiger partial charge in [0.25, 0.3) is 0 Å². The summed E-state index contributed by atoms with van der Waals surface area (Å²) in [7, 11) is -0.462. The zero-order chi connectivity index (χ0) is 6.69. The van der Waals surface area contributed by atoms with E-state index in [9.17, 15) is 0 Å². The lowest BCUT2D eigenvalue weighted by Gasteiger charge is -1.93. The summed E-state index contributed by atoms with van der Waals surface area (Å²) in [5, 5.41) is 1.41. The van der Waals surface area contributed by atoms with Gasteiger partial charge in [0.15, 0.2) is 0 Å². The number of hydrogen-bond donors (Lipinski definition) is 0. The molecule has 0 spiro atoms. The average molecular weight is 134 g/mol. The van der Waals surface area contributed by atoms with Gasteiger partial charge in [0.2, 0.25) is 0 Å². The first-order chi connectivity index (χ1) is 4.30. The van der Waals surface area contributed by atoms with E-state index in [1.54, 1.807) is 0 Å². The predicted octanol–water partition coefficient (Wildman–Crippen LogP) is 1.03. The molecule has 0 saturated carbocycles. The highest BCUT2D eigenvalue weighted by atomic mass is 28.2. The first kappa shape index (κ1) is 6.43. The van der Waals surface area contributed by atoms with Gasteiger partial charge in [0.1, 0.15) is 0 Å². The fourth-order valence-electron chi connectivity index (χ4n) is 0.723. The summed E-state index contributed by atoms with van der Waals surface area (Å²) in [6.07, 6.45) is 4.01. The zero-order valence-electron chi connectivity index (χ0n) is 5.59. The van der Waals surface area contributed by atoms with Crippen LogP contribution >= 0.6 is 0 Å². The lowest BCUT2D eigenvalue weighted by Crippen LogP contribution is -2.15. The Balaban J connectivity index is 2.98. The van der Waals surface area contributed by atoms with Crippen molar-refractivity contribution in [3.8, 4) is 0 Å². The molecule has 1 heteroatoms. The molecule has 0 bridgehead atoms. The molecule has 1 rings (SSSR count). The molecule has 46 valence electrons. The fraction of sp³-hybridized carbons (Fsp3) is 0.125. The molecule has 0 aliphatic heterocycles. The summed E-state index contributed by atoms with van der Waals surface area (Å²) in [6.45, 7) is 2.19. The third-order valence-electron chi connectivity index (χ3n) is 1.27. The largest absolute Gasteiger partial charge is 0.114 e. The standard InChI is InChI=1S/C8H10Si/c1-9(2)8-6-4-3-5-7-8/h3-7H,1H2,2H3. The van der Waals surface area contributed by atoms with Gasteiger partial charge in [0.05, 0.1) is 0 Å². The molecule has 0 aliphatic rings. The van der Waals surface area contributed by atoms with Crippen LogP contribution in [-0.2, 0) is 0 Å². The van der Waals surface area contributed by atoms with Crippen molar-refractivity contribution in [3.63, 3.8) is 0 Å². The Bertz CT molecular complexity index is 201. The monoisotopic (exact) mass is 134 g/mol. The summed E-state index contributed by atoms with van der Waals surface area (Å²) in [4.78, 5) is 0. The summed E-state index contributed by atoms with van der Waals surface area (Å²) in [5.74, 6) is 0. The molecule has 1 aromatic carbocycles. The molecule has 0 radical (unpaired) electrons. The Morgan fingerprint density at radius 2 is 1.78 bits per heavy atom. The molecule has 0 saturated heterocycles. The zero-order valence-corrected chi connectivity index (χ0v) is 6.59. The minimum absolute atomic E-state index is 0.462. The maximum absolute atomic E-state index is 4.01. The van der Waals surface area contributed by atoms with E-state index in [1.165, 1.54) is 5.19 Å². The van der Waals surface area contributed by atoms with Gasteiger partial charge in [-0.3, -0.25) is 0 Å². The van der Waals surface area contributed by atoms with Crippen molar-refractivity contribution in [2.24, 2.45) is 0 Å². The lowest BCUT2D eigenvalue weighted by atomic mass is 10.4. The van der Waals surface area contributed by atoms with Crippen LogP contribution < -0.4 is 5.19 Å². The van der Waals surface area contributed by atoms with E-state index >= 15 is 0 Å². The fourth-order valence-corrected chi connectivity index (χ4v) is 1.48. The molecule has 0 nitrogen and oxygen atoms in total. The highest BCUT2D eigenvalue weighted by Gasteiger charge is 1.87. The molecule has 0 N–H and O–H groups in total. The van der Waals surface area contributed by atoms with Gasteiger partial charge in [-0.2, -0.15) is 0 Å². The maximum atomic E-state index is 4.01. The van der Waals surface area contributed by atoms with E-state index in [0.29, 0.717) is 0 Å².